The number of anilines is 1. The Labute approximate surface area is 157 Å². The van der Waals surface area contributed by atoms with E-state index in [-0.39, 0.29) is 10.8 Å². The lowest BCUT2D eigenvalue weighted by molar-refractivity contribution is -0.118. The maximum absolute atomic E-state index is 12.2. The quantitative estimate of drug-likeness (QED) is 0.854. The standard InChI is InChI=1S/C19H19N3O4S/c1-26-18-5-3-2-4-14(18)6-7-15-8-13-19(23)22(21-15)16-9-11-17(12-10-16)27(20,24)25/h2-7,9-12H,8,13H2,1H3,(H2,20,24,25)/b7-6+. The van der Waals surface area contributed by atoms with Gasteiger partial charge in [-0.25, -0.2) is 18.6 Å². The van der Waals surface area contributed by atoms with E-state index in [1.807, 2.05) is 36.4 Å². The fraction of sp³-hybridized carbons (Fsp3) is 0.158. The molecule has 0 aromatic heterocycles. The number of hydrogen-bond acceptors (Lipinski definition) is 5. The summed E-state index contributed by atoms with van der Waals surface area (Å²) in [4.78, 5) is 12.2. The lowest BCUT2D eigenvalue weighted by atomic mass is 10.1. The van der Waals surface area contributed by atoms with Gasteiger partial charge in [0.25, 0.3) is 0 Å². The Balaban J connectivity index is 1.86. The molecular weight excluding hydrogens is 366 g/mol. The smallest absolute Gasteiger partial charge is 0.247 e. The molecule has 0 unspecified atom stereocenters. The fourth-order valence-electron chi connectivity index (χ4n) is 2.66. The highest BCUT2D eigenvalue weighted by atomic mass is 32.2. The first-order valence-electron chi connectivity index (χ1n) is 8.23. The van der Waals surface area contributed by atoms with Crippen molar-refractivity contribution in [1.82, 2.24) is 0 Å². The Morgan fingerprint density at radius 2 is 1.78 bits per heavy atom. The molecule has 1 amide bonds. The molecular formula is C19H19N3O4S. The predicted molar refractivity (Wildman–Crippen MR) is 104 cm³/mol. The zero-order valence-corrected chi connectivity index (χ0v) is 15.5. The van der Waals surface area contributed by atoms with Crippen LogP contribution in [0.3, 0.4) is 0 Å². The van der Waals surface area contributed by atoms with E-state index in [4.69, 9.17) is 9.88 Å². The molecule has 2 aromatic rings. The van der Waals surface area contributed by atoms with Crippen molar-refractivity contribution < 1.29 is 17.9 Å². The molecule has 2 N–H and O–H groups in total. The third kappa shape index (κ3) is 4.42. The first-order chi connectivity index (χ1) is 12.9. The fourth-order valence-corrected chi connectivity index (χ4v) is 3.18. The molecule has 27 heavy (non-hydrogen) atoms. The lowest BCUT2D eigenvalue weighted by Crippen LogP contribution is -2.31. The van der Waals surface area contributed by atoms with Gasteiger partial charge in [-0.1, -0.05) is 18.2 Å². The molecule has 0 radical (unpaired) electrons. The van der Waals surface area contributed by atoms with E-state index in [0.717, 1.165) is 17.0 Å². The average molecular weight is 385 g/mol. The highest BCUT2D eigenvalue weighted by Gasteiger charge is 2.21. The van der Waals surface area contributed by atoms with Gasteiger partial charge >= 0.3 is 0 Å². The van der Waals surface area contributed by atoms with Crippen LogP contribution in [0, 0.1) is 0 Å². The van der Waals surface area contributed by atoms with Crippen LogP contribution >= 0.6 is 0 Å². The zero-order valence-electron chi connectivity index (χ0n) is 14.7. The molecule has 2 aromatic carbocycles. The second-order valence-electron chi connectivity index (χ2n) is 5.91. The van der Waals surface area contributed by atoms with Crippen molar-refractivity contribution in [2.45, 2.75) is 17.7 Å². The number of rotatable bonds is 5. The molecule has 0 fully saturated rings. The number of carbonyl (C=O) groups excluding carboxylic acids is 1. The maximum atomic E-state index is 12.2. The number of allylic oxidation sites excluding steroid dienone is 1. The van der Waals surface area contributed by atoms with Crippen molar-refractivity contribution in [3.63, 3.8) is 0 Å². The zero-order chi connectivity index (χ0) is 19.4. The van der Waals surface area contributed by atoms with Gasteiger partial charge in [0.15, 0.2) is 0 Å². The number of nitrogens with two attached hydrogens (primary N) is 1. The largest absolute Gasteiger partial charge is 0.496 e. The van der Waals surface area contributed by atoms with Gasteiger partial charge in [-0.05, 0) is 42.5 Å². The van der Waals surface area contributed by atoms with Crippen LogP contribution in [0.25, 0.3) is 6.08 Å². The van der Waals surface area contributed by atoms with Crippen LogP contribution in [0.15, 0.2) is 64.6 Å². The van der Waals surface area contributed by atoms with Gasteiger partial charge in [0.05, 0.1) is 23.4 Å². The summed E-state index contributed by atoms with van der Waals surface area (Å²) < 4.78 is 28.0. The van der Waals surface area contributed by atoms with Crippen molar-refractivity contribution in [1.29, 1.82) is 0 Å². The summed E-state index contributed by atoms with van der Waals surface area (Å²) in [7, 11) is -2.18. The van der Waals surface area contributed by atoms with Crippen molar-refractivity contribution in [3.05, 3.63) is 60.2 Å². The molecule has 1 heterocycles. The number of carbonyl (C=O) groups is 1. The van der Waals surface area contributed by atoms with Crippen molar-refractivity contribution >= 4 is 33.4 Å². The predicted octanol–water partition coefficient (Wildman–Crippen LogP) is 2.54. The van der Waals surface area contributed by atoms with Gasteiger partial charge in [0.1, 0.15) is 5.75 Å². The molecule has 3 rings (SSSR count). The summed E-state index contributed by atoms with van der Waals surface area (Å²) in [5, 5.41) is 10.8. The number of nitrogens with zero attached hydrogens (tertiary/aromatic N) is 2. The molecule has 0 aliphatic carbocycles. The maximum Gasteiger partial charge on any atom is 0.247 e. The topological polar surface area (TPSA) is 102 Å². The summed E-state index contributed by atoms with van der Waals surface area (Å²) in [6, 6.07) is 13.3. The highest BCUT2D eigenvalue weighted by molar-refractivity contribution is 7.89. The van der Waals surface area contributed by atoms with Gasteiger partial charge in [-0.15, -0.1) is 0 Å². The summed E-state index contributed by atoms with van der Waals surface area (Å²) in [5.41, 5.74) is 2.12. The van der Waals surface area contributed by atoms with Crippen molar-refractivity contribution in [3.8, 4) is 5.75 Å². The molecule has 0 bridgehead atoms. The molecule has 1 aliphatic rings. The van der Waals surface area contributed by atoms with E-state index in [2.05, 4.69) is 5.10 Å². The van der Waals surface area contributed by atoms with Crippen LogP contribution in [0.5, 0.6) is 5.75 Å². The lowest BCUT2D eigenvalue weighted by Gasteiger charge is -2.22. The summed E-state index contributed by atoms with van der Waals surface area (Å²) in [6.45, 7) is 0. The van der Waals surface area contributed by atoms with E-state index >= 15 is 0 Å². The third-order valence-electron chi connectivity index (χ3n) is 4.06. The number of primary sulfonamides is 1. The Kier molecular flexibility index (Phi) is 5.38. The highest BCUT2D eigenvalue weighted by Crippen LogP contribution is 2.23. The number of amides is 1. The molecule has 7 nitrogen and oxygen atoms in total. The van der Waals surface area contributed by atoms with E-state index < -0.39 is 10.0 Å². The van der Waals surface area contributed by atoms with Crippen molar-refractivity contribution in [2.24, 2.45) is 10.2 Å². The monoisotopic (exact) mass is 385 g/mol. The Morgan fingerprint density at radius 1 is 1.07 bits per heavy atom. The summed E-state index contributed by atoms with van der Waals surface area (Å²) in [6.07, 6.45) is 4.56. The average Bonchev–Trinajstić information content (AvgIpc) is 2.67. The Bertz CT molecular complexity index is 1010. The van der Waals surface area contributed by atoms with Gasteiger partial charge in [-0.2, -0.15) is 5.10 Å². The van der Waals surface area contributed by atoms with E-state index in [0.29, 0.717) is 18.5 Å². The van der Waals surface area contributed by atoms with E-state index in [9.17, 15) is 13.2 Å². The normalized spacial score (nSPS) is 15.1. The molecule has 0 saturated carbocycles. The van der Waals surface area contributed by atoms with E-state index in [1.54, 1.807) is 7.11 Å². The van der Waals surface area contributed by atoms with Crippen LogP contribution in [-0.2, 0) is 14.8 Å². The van der Waals surface area contributed by atoms with Crippen molar-refractivity contribution in [2.75, 3.05) is 12.1 Å². The summed E-state index contributed by atoms with van der Waals surface area (Å²) in [5.74, 6) is 0.587. The first-order valence-corrected chi connectivity index (χ1v) is 9.77. The first kappa shape index (κ1) is 18.8. The number of hydrazone groups is 1. The Morgan fingerprint density at radius 3 is 2.44 bits per heavy atom. The van der Waals surface area contributed by atoms with E-state index in [1.165, 1.54) is 29.3 Å². The Hall–Kier alpha value is -2.97. The number of hydrogen-bond donors (Lipinski definition) is 1. The molecule has 1 aliphatic heterocycles. The number of para-hydroxylation sites is 1. The number of ether oxygens (including phenoxy) is 1. The molecule has 8 heteroatoms. The SMILES string of the molecule is COc1ccccc1/C=C/C1=NN(c2ccc(S(N)(=O)=O)cc2)C(=O)CC1. The number of sulfonamides is 1. The van der Waals surface area contributed by atoms with Crippen LogP contribution in [0.2, 0.25) is 0 Å². The summed E-state index contributed by atoms with van der Waals surface area (Å²) >= 11 is 0. The minimum atomic E-state index is -3.78. The number of benzene rings is 2. The van der Waals surface area contributed by atoms with Gasteiger partial charge < -0.3 is 4.74 Å². The third-order valence-corrected chi connectivity index (χ3v) is 4.99. The van der Waals surface area contributed by atoms with Crippen LogP contribution < -0.4 is 14.9 Å². The number of methoxy groups -OCH3 is 1. The van der Waals surface area contributed by atoms with Gasteiger partial charge in [0, 0.05) is 18.4 Å². The molecule has 0 atom stereocenters. The minimum Gasteiger partial charge on any atom is -0.496 e. The van der Waals surface area contributed by atoms with Gasteiger partial charge in [-0.3, -0.25) is 4.79 Å². The van der Waals surface area contributed by atoms with Crippen LogP contribution in [0.1, 0.15) is 18.4 Å². The van der Waals surface area contributed by atoms with Gasteiger partial charge in [0.2, 0.25) is 15.9 Å². The molecule has 0 spiro atoms. The second-order valence-corrected chi connectivity index (χ2v) is 7.47. The minimum absolute atomic E-state index is 0.0176. The molecule has 0 saturated heterocycles. The van der Waals surface area contributed by atoms with Crippen LogP contribution in [0.4, 0.5) is 5.69 Å². The second kappa shape index (κ2) is 7.73. The van der Waals surface area contributed by atoms with Crippen LogP contribution in [-0.4, -0.2) is 27.1 Å². The molecule has 140 valence electrons.